The second kappa shape index (κ2) is 11.3. The molecule has 0 unspecified atom stereocenters. The largest absolute Gasteiger partial charge is 0.469 e. The van der Waals surface area contributed by atoms with E-state index in [9.17, 15) is 4.79 Å². The van der Waals surface area contributed by atoms with Crippen molar-refractivity contribution in [2.24, 2.45) is 0 Å². The van der Waals surface area contributed by atoms with Crippen LogP contribution in [-0.2, 0) is 18.4 Å². The first kappa shape index (κ1) is 28.8. The molecule has 0 heterocycles. The zero-order chi connectivity index (χ0) is 24.8. The van der Waals surface area contributed by atoms with Gasteiger partial charge in [0.15, 0.2) is 16.6 Å². The van der Waals surface area contributed by atoms with Gasteiger partial charge in [0.1, 0.15) is 0 Å². The van der Waals surface area contributed by atoms with E-state index < -0.39 is 16.6 Å². The average molecular weight is 479 g/mol. The van der Waals surface area contributed by atoms with Crippen LogP contribution in [0.3, 0.4) is 0 Å². The highest BCUT2D eigenvalue weighted by Crippen LogP contribution is 2.40. The molecule has 0 aromatic heterocycles. The van der Waals surface area contributed by atoms with Gasteiger partial charge in [0.2, 0.25) is 0 Å². The summed E-state index contributed by atoms with van der Waals surface area (Å²) in [7, 11) is -2.56. The van der Waals surface area contributed by atoms with Gasteiger partial charge >= 0.3 is 5.97 Å². The Bertz CT molecular complexity index is 743. The van der Waals surface area contributed by atoms with E-state index in [0.717, 1.165) is 5.56 Å². The first-order valence-corrected chi connectivity index (χ1v) is 17.5. The minimum atomic E-state index is -2.02. The van der Waals surface area contributed by atoms with E-state index in [-0.39, 0.29) is 34.7 Å². The Morgan fingerprint density at radius 3 is 1.88 bits per heavy atom. The standard InChI is InChI=1S/C26H46O4Si2/c1-25(2,3)31(8,9)29-22(20-24(27)28-7)18-15-19-23(21-16-13-12-14-17-21)30-32(10,11)26(4,5)6/h12-17,19,22-23H,18,20H2,1-11H3/b19-15+/t22-,23+/m1/s1. The van der Waals surface area contributed by atoms with Crippen molar-refractivity contribution in [1.29, 1.82) is 0 Å². The average Bonchev–Trinajstić information content (AvgIpc) is 2.65. The molecular formula is C26H46O4Si2. The Hall–Kier alpha value is -1.22. The lowest BCUT2D eigenvalue weighted by Crippen LogP contribution is -2.44. The van der Waals surface area contributed by atoms with Gasteiger partial charge in [-0.1, -0.05) is 84.0 Å². The quantitative estimate of drug-likeness (QED) is 0.197. The third kappa shape index (κ3) is 8.62. The zero-order valence-electron chi connectivity index (χ0n) is 22.2. The van der Waals surface area contributed by atoms with E-state index in [1.54, 1.807) is 0 Å². The Balaban J connectivity index is 3.11. The second-order valence-corrected chi connectivity index (χ2v) is 21.2. The van der Waals surface area contributed by atoms with Crippen molar-refractivity contribution in [3.63, 3.8) is 0 Å². The number of esters is 1. The molecule has 0 fully saturated rings. The first-order valence-electron chi connectivity index (χ1n) is 11.6. The molecule has 4 nitrogen and oxygen atoms in total. The number of rotatable bonds is 10. The van der Waals surface area contributed by atoms with Crippen LogP contribution >= 0.6 is 0 Å². The molecule has 0 aliphatic heterocycles. The molecule has 0 aliphatic rings. The van der Waals surface area contributed by atoms with Gasteiger partial charge in [0.25, 0.3) is 0 Å². The third-order valence-corrected chi connectivity index (χ3v) is 15.9. The summed E-state index contributed by atoms with van der Waals surface area (Å²) in [5, 5.41) is 0.190. The summed E-state index contributed by atoms with van der Waals surface area (Å²) in [5.41, 5.74) is 1.14. The maximum Gasteiger partial charge on any atom is 0.308 e. The fourth-order valence-corrected chi connectivity index (χ4v) is 5.31. The predicted molar refractivity (Wildman–Crippen MR) is 140 cm³/mol. The van der Waals surface area contributed by atoms with Crippen molar-refractivity contribution in [1.82, 2.24) is 0 Å². The Kier molecular flexibility index (Phi) is 10.2. The highest BCUT2D eigenvalue weighted by molar-refractivity contribution is 6.74. The summed E-state index contributed by atoms with van der Waals surface area (Å²) < 4.78 is 18.3. The van der Waals surface area contributed by atoms with Crippen molar-refractivity contribution in [2.75, 3.05) is 7.11 Å². The van der Waals surface area contributed by atoms with Crippen LogP contribution in [0.15, 0.2) is 42.5 Å². The number of benzene rings is 1. The number of hydrogen-bond acceptors (Lipinski definition) is 4. The normalized spacial score (nSPS) is 15.6. The van der Waals surface area contributed by atoms with Gasteiger partial charge in [0, 0.05) is 0 Å². The number of carbonyl (C=O) groups is 1. The van der Waals surface area contributed by atoms with Crippen LogP contribution in [0.4, 0.5) is 0 Å². The van der Waals surface area contributed by atoms with E-state index in [4.69, 9.17) is 13.6 Å². The van der Waals surface area contributed by atoms with Gasteiger partial charge in [0.05, 0.1) is 25.7 Å². The van der Waals surface area contributed by atoms with Crippen molar-refractivity contribution < 1.29 is 18.4 Å². The van der Waals surface area contributed by atoms with E-state index in [2.05, 4.69) is 92.0 Å². The lowest BCUT2D eigenvalue weighted by molar-refractivity contribution is -0.142. The van der Waals surface area contributed by atoms with E-state index >= 15 is 0 Å². The van der Waals surface area contributed by atoms with Crippen molar-refractivity contribution in [3.05, 3.63) is 48.0 Å². The molecule has 32 heavy (non-hydrogen) atoms. The van der Waals surface area contributed by atoms with Gasteiger partial charge in [-0.25, -0.2) is 0 Å². The van der Waals surface area contributed by atoms with Crippen molar-refractivity contribution in [3.8, 4) is 0 Å². The van der Waals surface area contributed by atoms with Gasteiger partial charge in [-0.05, 0) is 48.2 Å². The highest BCUT2D eigenvalue weighted by Gasteiger charge is 2.40. The summed E-state index contributed by atoms with van der Waals surface area (Å²) in [6, 6.07) is 10.3. The molecule has 1 aromatic rings. The number of methoxy groups -OCH3 is 1. The first-order chi connectivity index (χ1) is 14.5. The van der Waals surface area contributed by atoms with Crippen LogP contribution < -0.4 is 0 Å². The monoisotopic (exact) mass is 478 g/mol. The fourth-order valence-electron chi connectivity index (χ4n) is 2.75. The van der Waals surface area contributed by atoms with E-state index in [1.807, 2.05) is 18.2 Å². The van der Waals surface area contributed by atoms with Crippen LogP contribution in [0.1, 0.15) is 66.1 Å². The molecule has 0 radical (unpaired) electrons. The molecule has 0 bridgehead atoms. The molecule has 0 saturated carbocycles. The molecule has 182 valence electrons. The lowest BCUT2D eigenvalue weighted by Gasteiger charge is -2.39. The summed E-state index contributed by atoms with van der Waals surface area (Å²) in [6.07, 6.45) is 4.83. The predicted octanol–water partition coefficient (Wildman–Crippen LogP) is 7.65. The van der Waals surface area contributed by atoms with Crippen LogP contribution in [0.25, 0.3) is 0 Å². The summed E-state index contributed by atoms with van der Waals surface area (Å²) >= 11 is 0. The number of hydrogen-bond donors (Lipinski definition) is 0. The fraction of sp³-hybridized carbons (Fsp3) is 0.654. The topological polar surface area (TPSA) is 44.8 Å². The summed E-state index contributed by atoms with van der Waals surface area (Å²) in [6.45, 7) is 22.4. The molecule has 0 aliphatic carbocycles. The van der Waals surface area contributed by atoms with Gasteiger partial charge in [-0.3, -0.25) is 4.79 Å². The molecule has 1 rings (SSSR count). The lowest BCUT2D eigenvalue weighted by atomic mass is 10.1. The van der Waals surface area contributed by atoms with Gasteiger partial charge in [-0.15, -0.1) is 0 Å². The highest BCUT2D eigenvalue weighted by atomic mass is 28.4. The Morgan fingerprint density at radius 1 is 0.906 bits per heavy atom. The van der Waals surface area contributed by atoms with Crippen LogP contribution in [-0.4, -0.2) is 35.8 Å². The Labute approximate surface area is 199 Å². The minimum Gasteiger partial charge on any atom is -0.469 e. The maximum absolute atomic E-state index is 12.0. The summed E-state index contributed by atoms with van der Waals surface area (Å²) in [5.74, 6) is -0.237. The second-order valence-electron chi connectivity index (χ2n) is 11.7. The van der Waals surface area contributed by atoms with Crippen LogP contribution in [0.5, 0.6) is 0 Å². The van der Waals surface area contributed by atoms with Crippen molar-refractivity contribution >= 4 is 22.6 Å². The number of carbonyl (C=O) groups excluding carboxylic acids is 1. The molecule has 0 N–H and O–H groups in total. The molecular weight excluding hydrogens is 432 g/mol. The van der Waals surface area contributed by atoms with Crippen LogP contribution in [0, 0.1) is 0 Å². The molecule has 6 heteroatoms. The van der Waals surface area contributed by atoms with E-state index in [1.165, 1.54) is 7.11 Å². The third-order valence-electron chi connectivity index (χ3n) is 6.96. The van der Waals surface area contributed by atoms with E-state index in [0.29, 0.717) is 6.42 Å². The van der Waals surface area contributed by atoms with Crippen LogP contribution in [0.2, 0.25) is 36.3 Å². The van der Waals surface area contributed by atoms with Crippen molar-refractivity contribution in [2.45, 2.75) is 103 Å². The SMILES string of the molecule is COC(=O)C[C@@H](C/C=C/[C@H](O[Si](C)(C)C(C)(C)C)c1ccccc1)O[Si](C)(C)C(C)(C)C. The van der Waals surface area contributed by atoms with Gasteiger partial charge < -0.3 is 13.6 Å². The molecule has 0 amide bonds. The molecule has 1 aromatic carbocycles. The molecule has 0 spiro atoms. The Morgan fingerprint density at radius 2 is 1.41 bits per heavy atom. The van der Waals surface area contributed by atoms with Gasteiger partial charge in [-0.2, -0.15) is 0 Å². The minimum absolute atomic E-state index is 0.0725. The molecule has 0 saturated heterocycles. The maximum atomic E-state index is 12.0. The summed E-state index contributed by atoms with van der Waals surface area (Å²) in [4.78, 5) is 12.0. The number of ether oxygens (including phenoxy) is 1. The molecule has 2 atom stereocenters. The smallest absolute Gasteiger partial charge is 0.308 e. The zero-order valence-corrected chi connectivity index (χ0v) is 24.2.